The van der Waals surface area contributed by atoms with Crippen molar-refractivity contribution in [1.29, 1.82) is 0 Å². The third-order valence-electron chi connectivity index (χ3n) is 4.84. The van der Waals surface area contributed by atoms with Gasteiger partial charge in [0.15, 0.2) is 0 Å². The lowest BCUT2D eigenvalue weighted by molar-refractivity contribution is -0.143. The van der Waals surface area contributed by atoms with Crippen molar-refractivity contribution in [3.63, 3.8) is 0 Å². The third kappa shape index (κ3) is 3.87. The molecule has 2 aliphatic rings. The Balaban J connectivity index is 1.34. The van der Waals surface area contributed by atoms with E-state index in [4.69, 9.17) is 4.74 Å². The zero-order chi connectivity index (χ0) is 19.7. The lowest BCUT2D eigenvalue weighted by Crippen LogP contribution is -2.51. The molecule has 144 valence electrons. The summed E-state index contributed by atoms with van der Waals surface area (Å²) in [5.41, 5.74) is 2.30. The van der Waals surface area contributed by atoms with Crippen molar-refractivity contribution in [2.24, 2.45) is 0 Å². The normalized spacial score (nSPS) is 15.8. The third-order valence-corrected chi connectivity index (χ3v) is 5.37. The van der Waals surface area contributed by atoms with Gasteiger partial charge in [-0.05, 0) is 30.3 Å². The maximum atomic E-state index is 12.5. The highest BCUT2D eigenvalue weighted by atomic mass is 79.9. The lowest BCUT2D eigenvalue weighted by Gasteiger charge is -2.35. The van der Waals surface area contributed by atoms with Crippen molar-refractivity contribution >= 4 is 45.1 Å². The summed E-state index contributed by atoms with van der Waals surface area (Å²) in [4.78, 5) is 39.9. The Morgan fingerprint density at radius 2 is 1.71 bits per heavy atom. The van der Waals surface area contributed by atoms with Gasteiger partial charge in [-0.15, -0.1) is 0 Å². The van der Waals surface area contributed by atoms with E-state index in [2.05, 4.69) is 26.1 Å². The van der Waals surface area contributed by atoms with E-state index in [1.807, 2.05) is 24.3 Å². The van der Waals surface area contributed by atoms with Crippen LogP contribution in [0.4, 0.5) is 11.4 Å². The monoisotopic (exact) mass is 443 g/mol. The fourth-order valence-electron chi connectivity index (χ4n) is 3.34. The molecule has 2 aromatic carbocycles. The Kier molecular flexibility index (Phi) is 5.04. The van der Waals surface area contributed by atoms with Crippen LogP contribution in [-0.2, 0) is 20.8 Å². The van der Waals surface area contributed by atoms with Crippen molar-refractivity contribution < 1.29 is 19.1 Å². The van der Waals surface area contributed by atoms with Gasteiger partial charge in [0.25, 0.3) is 0 Å². The summed E-state index contributed by atoms with van der Waals surface area (Å²) in [6.07, 6.45) is 0.227. The molecule has 0 radical (unpaired) electrons. The average molecular weight is 444 g/mol. The predicted octanol–water partition coefficient (Wildman–Crippen LogP) is 2.20. The topological polar surface area (TPSA) is 79.0 Å². The zero-order valence-corrected chi connectivity index (χ0v) is 16.6. The van der Waals surface area contributed by atoms with Gasteiger partial charge in [0.2, 0.25) is 0 Å². The second-order valence-corrected chi connectivity index (χ2v) is 7.60. The molecule has 2 heterocycles. The minimum Gasteiger partial charge on any atom is -0.426 e. The van der Waals surface area contributed by atoms with E-state index in [9.17, 15) is 14.4 Å². The standard InChI is InChI=1S/C20H18BrN3O4/c21-14-2-5-16(6-3-14)23-7-9-24(10-8-23)20(27)19(26)22-15-4-1-13-11-18(25)28-17(13)12-15/h1-6,12H,7-11H2,(H,22,26). The van der Waals surface area contributed by atoms with E-state index in [1.165, 1.54) is 0 Å². The van der Waals surface area contributed by atoms with E-state index in [0.717, 1.165) is 15.7 Å². The first-order chi connectivity index (χ1) is 13.5. The Bertz CT molecular complexity index is 937. The van der Waals surface area contributed by atoms with E-state index in [1.54, 1.807) is 23.1 Å². The van der Waals surface area contributed by atoms with Crippen molar-refractivity contribution in [3.05, 3.63) is 52.5 Å². The van der Waals surface area contributed by atoms with Crippen LogP contribution in [0, 0.1) is 0 Å². The summed E-state index contributed by atoms with van der Waals surface area (Å²) in [7, 11) is 0. The number of esters is 1. The molecule has 8 heteroatoms. The number of anilines is 2. The lowest BCUT2D eigenvalue weighted by atomic mass is 10.1. The molecule has 0 saturated carbocycles. The average Bonchev–Trinajstić information content (AvgIpc) is 3.07. The fourth-order valence-corrected chi connectivity index (χ4v) is 3.60. The summed E-state index contributed by atoms with van der Waals surface area (Å²) < 4.78 is 6.09. The largest absolute Gasteiger partial charge is 0.426 e. The van der Waals surface area contributed by atoms with Crippen LogP contribution in [0.2, 0.25) is 0 Å². The Hall–Kier alpha value is -2.87. The molecular formula is C20H18BrN3O4. The number of carbonyl (C=O) groups excluding carboxylic acids is 3. The number of hydrogen-bond donors (Lipinski definition) is 1. The van der Waals surface area contributed by atoms with Gasteiger partial charge in [-0.25, -0.2) is 0 Å². The Labute approximate surface area is 170 Å². The van der Waals surface area contributed by atoms with Crippen molar-refractivity contribution in [1.82, 2.24) is 4.90 Å². The van der Waals surface area contributed by atoms with E-state index < -0.39 is 11.8 Å². The van der Waals surface area contributed by atoms with Crippen molar-refractivity contribution in [2.45, 2.75) is 6.42 Å². The van der Waals surface area contributed by atoms with E-state index >= 15 is 0 Å². The molecule has 0 bridgehead atoms. The SMILES string of the molecule is O=C1Cc2ccc(NC(=O)C(=O)N3CCN(c4ccc(Br)cc4)CC3)cc2O1. The highest BCUT2D eigenvalue weighted by Gasteiger charge is 2.27. The van der Waals surface area contributed by atoms with Gasteiger partial charge < -0.3 is 19.9 Å². The molecule has 1 saturated heterocycles. The van der Waals surface area contributed by atoms with Crippen LogP contribution >= 0.6 is 15.9 Å². The molecule has 2 aliphatic heterocycles. The molecule has 4 rings (SSSR count). The van der Waals surface area contributed by atoms with Crippen LogP contribution in [0.25, 0.3) is 0 Å². The van der Waals surface area contributed by atoms with Gasteiger partial charge >= 0.3 is 17.8 Å². The smallest absolute Gasteiger partial charge is 0.315 e. The number of piperazine rings is 1. The Morgan fingerprint density at radius 3 is 2.43 bits per heavy atom. The number of amides is 2. The van der Waals surface area contributed by atoms with Crippen LogP contribution < -0.4 is 15.0 Å². The van der Waals surface area contributed by atoms with Gasteiger partial charge in [-0.1, -0.05) is 22.0 Å². The molecule has 1 fully saturated rings. The second-order valence-electron chi connectivity index (χ2n) is 6.68. The highest BCUT2D eigenvalue weighted by molar-refractivity contribution is 9.10. The second kappa shape index (κ2) is 7.63. The molecule has 0 aliphatic carbocycles. The summed E-state index contributed by atoms with van der Waals surface area (Å²) in [5.74, 6) is -1.15. The minimum absolute atomic E-state index is 0.227. The summed E-state index contributed by atoms with van der Waals surface area (Å²) in [6, 6.07) is 13.0. The Morgan fingerprint density at radius 1 is 1.00 bits per heavy atom. The zero-order valence-electron chi connectivity index (χ0n) is 15.0. The fraction of sp³-hybridized carbons (Fsp3) is 0.250. The maximum Gasteiger partial charge on any atom is 0.315 e. The molecular weight excluding hydrogens is 426 g/mol. The molecule has 2 aromatic rings. The molecule has 0 spiro atoms. The number of fused-ring (bicyclic) bond motifs is 1. The summed E-state index contributed by atoms with van der Waals surface area (Å²) in [6.45, 7) is 2.28. The van der Waals surface area contributed by atoms with Crippen LogP contribution in [0.1, 0.15) is 5.56 Å². The van der Waals surface area contributed by atoms with Crippen LogP contribution in [0.5, 0.6) is 5.75 Å². The summed E-state index contributed by atoms with van der Waals surface area (Å²) in [5, 5.41) is 2.59. The van der Waals surface area contributed by atoms with Crippen LogP contribution in [-0.4, -0.2) is 48.9 Å². The minimum atomic E-state index is -0.693. The first kappa shape index (κ1) is 18.5. The molecule has 1 N–H and O–H groups in total. The van der Waals surface area contributed by atoms with Gasteiger partial charge in [-0.2, -0.15) is 0 Å². The molecule has 7 nitrogen and oxygen atoms in total. The number of rotatable bonds is 2. The number of benzene rings is 2. The van der Waals surface area contributed by atoms with Gasteiger partial charge in [-0.3, -0.25) is 14.4 Å². The maximum absolute atomic E-state index is 12.5. The summed E-state index contributed by atoms with van der Waals surface area (Å²) >= 11 is 3.42. The quantitative estimate of drug-likeness (QED) is 0.437. The number of ether oxygens (including phenoxy) is 1. The highest BCUT2D eigenvalue weighted by Crippen LogP contribution is 2.29. The van der Waals surface area contributed by atoms with Gasteiger partial charge in [0.1, 0.15) is 5.75 Å². The van der Waals surface area contributed by atoms with Crippen LogP contribution in [0.15, 0.2) is 46.9 Å². The predicted molar refractivity (Wildman–Crippen MR) is 107 cm³/mol. The van der Waals surface area contributed by atoms with Gasteiger partial charge in [0.05, 0.1) is 6.42 Å². The van der Waals surface area contributed by atoms with Crippen molar-refractivity contribution in [2.75, 3.05) is 36.4 Å². The van der Waals surface area contributed by atoms with Crippen LogP contribution in [0.3, 0.4) is 0 Å². The van der Waals surface area contributed by atoms with Gasteiger partial charge in [0, 0.05) is 53.7 Å². The van der Waals surface area contributed by atoms with E-state index in [0.29, 0.717) is 37.6 Å². The number of nitrogens with one attached hydrogen (secondary N) is 1. The number of hydrogen-bond acceptors (Lipinski definition) is 5. The molecule has 0 unspecified atom stereocenters. The first-order valence-electron chi connectivity index (χ1n) is 8.94. The number of halogens is 1. The van der Waals surface area contributed by atoms with E-state index in [-0.39, 0.29) is 12.4 Å². The first-order valence-corrected chi connectivity index (χ1v) is 9.73. The van der Waals surface area contributed by atoms with Crippen molar-refractivity contribution in [3.8, 4) is 5.75 Å². The number of carbonyl (C=O) groups is 3. The molecule has 0 atom stereocenters. The molecule has 0 aromatic heterocycles. The molecule has 28 heavy (non-hydrogen) atoms. The number of nitrogens with zero attached hydrogens (tertiary/aromatic N) is 2. The molecule has 2 amide bonds.